The number of aliphatic carboxylic acids is 1. The molecule has 0 aromatic heterocycles. The van der Waals surface area contributed by atoms with Gasteiger partial charge in [0, 0.05) is 12.2 Å². The lowest BCUT2D eigenvalue weighted by atomic mass is 10.1. The first-order valence-electron chi connectivity index (χ1n) is 7.16. The predicted molar refractivity (Wildman–Crippen MR) is 83.5 cm³/mol. The number of hydrogen-bond acceptors (Lipinski definition) is 3. The first kappa shape index (κ1) is 17.2. The van der Waals surface area contributed by atoms with Gasteiger partial charge in [0.05, 0.1) is 12.5 Å². The molecule has 1 aromatic carbocycles. The van der Waals surface area contributed by atoms with E-state index in [0.29, 0.717) is 13.1 Å². The van der Waals surface area contributed by atoms with Crippen LogP contribution in [0.25, 0.3) is 0 Å². The molecule has 1 aromatic rings. The van der Waals surface area contributed by atoms with Crippen LogP contribution < -0.4 is 5.32 Å². The monoisotopic (exact) mass is 292 g/mol. The number of carboxylic acid groups (broad SMARTS) is 1. The maximum Gasteiger partial charge on any atom is 0.307 e. The van der Waals surface area contributed by atoms with Crippen LogP contribution in [-0.2, 0) is 9.59 Å². The summed E-state index contributed by atoms with van der Waals surface area (Å²) in [6.45, 7) is 8.73. The zero-order chi connectivity index (χ0) is 16.0. The third-order valence-corrected chi connectivity index (χ3v) is 3.65. The molecule has 0 saturated heterocycles. The minimum atomic E-state index is -0.844. The van der Waals surface area contributed by atoms with E-state index < -0.39 is 11.9 Å². The Balaban J connectivity index is 2.63. The van der Waals surface area contributed by atoms with Crippen molar-refractivity contribution in [2.75, 3.05) is 25.0 Å². The molecule has 1 atom stereocenters. The van der Waals surface area contributed by atoms with E-state index in [1.807, 2.05) is 43.9 Å². The second-order valence-electron chi connectivity index (χ2n) is 5.36. The van der Waals surface area contributed by atoms with Gasteiger partial charge < -0.3 is 10.4 Å². The van der Waals surface area contributed by atoms with Gasteiger partial charge in [-0.25, -0.2) is 0 Å². The number of carbonyl (C=O) groups is 2. The largest absolute Gasteiger partial charge is 0.481 e. The van der Waals surface area contributed by atoms with Crippen molar-refractivity contribution in [2.45, 2.75) is 27.7 Å². The fourth-order valence-corrected chi connectivity index (χ4v) is 2.05. The van der Waals surface area contributed by atoms with E-state index in [2.05, 4.69) is 5.32 Å². The van der Waals surface area contributed by atoms with Gasteiger partial charge in [-0.15, -0.1) is 0 Å². The molecule has 5 nitrogen and oxygen atoms in total. The number of nitrogens with zero attached hydrogens (tertiary/aromatic N) is 1. The molecule has 0 aliphatic rings. The highest BCUT2D eigenvalue weighted by Crippen LogP contribution is 2.17. The normalized spacial score (nSPS) is 12.2. The van der Waals surface area contributed by atoms with E-state index in [9.17, 15) is 9.59 Å². The Kier molecular flexibility index (Phi) is 6.37. The van der Waals surface area contributed by atoms with Gasteiger partial charge in [0.1, 0.15) is 0 Å². The van der Waals surface area contributed by atoms with Crippen molar-refractivity contribution in [1.82, 2.24) is 4.90 Å². The van der Waals surface area contributed by atoms with Gasteiger partial charge in [-0.1, -0.05) is 26.0 Å². The molecule has 1 amide bonds. The first-order chi connectivity index (χ1) is 9.85. The maximum absolute atomic E-state index is 12.1. The molecule has 0 spiro atoms. The van der Waals surface area contributed by atoms with Crippen LogP contribution in [0.5, 0.6) is 0 Å². The summed E-state index contributed by atoms with van der Waals surface area (Å²) in [7, 11) is 0. The molecule has 0 aliphatic carbocycles. The summed E-state index contributed by atoms with van der Waals surface area (Å²) >= 11 is 0. The number of carboxylic acids is 1. The third-order valence-electron chi connectivity index (χ3n) is 3.65. The number of anilines is 1. The fourth-order valence-electron chi connectivity index (χ4n) is 2.05. The van der Waals surface area contributed by atoms with Crippen molar-refractivity contribution in [3.05, 3.63) is 29.3 Å². The van der Waals surface area contributed by atoms with E-state index in [1.165, 1.54) is 0 Å². The number of nitrogens with one attached hydrogen (secondary N) is 1. The van der Waals surface area contributed by atoms with E-state index >= 15 is 0 Å². The standard InChI is InChI=1S/C16H24N2O3/c1-5-18(9-12(3)16(20)21)10-15(19)17-14-8-6-7-11(2)13(14)4/h6-8,12H,5,9-10H2,1-4H3,(H,17,19)(H,20,21). The number of aryl methyl sites for hydroxylation is 1. The lowest BCUT2D eigenvalue weighted by Crippen LogP contribution is -2.37. The summed E-state index contributed by atoms with van der Waals surface area (Å²) in [6, 6.07) is 5.77. The maximum atomic E-state index is 12.1. The zero-order valence-corrected chi connectivity index (χ0v) is 13.1. The van der Waals surface area contributed by atoms with Gasteiger partial charge in [0.25, 0.3) is 0 Å². The van der Waals surface area contributed by atoms with Crippen molar-refractivity contribution in [1.29, 1.82) is 0 Å². The summed E-state index contributed by atoms with van der Waals surface area (Å²) in [5.41, 5.74) is 2.98. The molecular weight excluding hydrogens is 268 g/mol. The second kappa shape index (κ2) is 7.78. The van der Waals surface area contributed by atoms with E-state index in [0.717, 1.165) is 16.8 Å². The van der Waals surface area contributed by atoms with Crippen LogP contribution >= 0.6 is 0 Å². The number of carbonyl (C=O) groups excluding carboxylic acids is 1. The topological polar surface area (TPSA) is 69.6 Å². The molecule has 21 heavy (non-hydrogen) atoms. The Morgan fingerprint density at radius 3 is 2.57 bits per heavy atom. The molecular formula is C16H24N2O3. The quantitative estimate of drug-likeness (QED) is 0.809. The number of likely N-dealkylation sites (N-methyl/N-ethyl adjacent to an activating group) is 1. The molecule has 2 N–H and O–H groups in total. The van der Waals surface area contributed by atoms with Crippen LogP contribution in [0.15, 0.2) is 18.2 Å². The van der Waals surface area contributed by atoms with Crippen LogP contribution in [0.3, 0.4) is 0 Å². The molecule has 0 saturated carbocycles. The Labute approximate surface area is 126 Å². The Morgan fingerprint density at radius 2 is 2.00 bits per heavy atom. The SMILES string of the molecule is CCN(CC(=O)Nc1cccc(C)c1C)CC(C)C(=O)O. The predicted octanol–water partition coefficient (Wildman–Crippen LogP) is 2.28. The lowest BCUT2D eigenvalue weighted by Gasteiger charge is -2.22. The zero-order valence-electron chi connectivity index (χ0n) is 13.1. The fraction of sp³-hybridized carbons (Fsp3) is 0.500. The van der Waals surface area contributed by atoms with Crippen molar-refractivity contribution in [2.24, 2.45) is 5.92 Å². The average Bonchev–Trinajstić information content (AvgIpc) is 2.42. The number of rotatable bonds is 7. The van der Waals surface area contributed by atoms with Crippen LogP contribution in [0.1, 0.15) is 25.0 Å². The number of benzene rings is 1. The highest BCUT2D eigenvalue weighted by atomic mass is 16.4. The van der Waals surface area contributed by atoms with Crippen molar-refractivity contribution < 1.29 is 14.7 Å². The smallest absolute Gasteiger partial charge is 0.307 e. The summed E-state index contributed by atoms with van der Waals surface area (Å²) in [4.78, 5) is 24.8. The van der Waals surface area contributed by atoms with Crippen LogP contribution in [0.2, 0.25) is 0 Å². The van der Waals surface area contributed by atoms with Gasteiger partial charge in [-0.3, -0.25) is 14.5 Å². The van der Waals surface area contributed by atoms with Gasteiger partial charge in [0.15, 0.2) is 0 Å². The lowest BCUT2D eigenvalue weighted by molar-refractivity contribution is -0.142. The molecule has 5 heteroatoms. The Morgan fingerprint density at radius 1 is 1.33 bits per heavy atom. The molecule has 0 bridgehead atoms. The van der Waals surface area contributed by atoms with Crippen molar-refractivity contribution in [3.63, 3.8) is 0 Å². The molecule has 0 aliphatic heterocycles. The van der Waals surface area contributed by atoms with E-state index in [-0.39, 0.29) is 12.5 Å². The van der Waals surface area contributed by atoms with Crippen molar-refractivity contribution >= 4 is 17.6 Å². The average molecular weight is 292 g/mol. The first-order valence-corrected chi connectivity index (χ1v) is 7.16. The highest BCUT2D eigenvalue weighted by molar-refractivity contribution is 5.93. The summed E-state index contributed by atoms with van der Waals surface area (Å²) in [6.07, 6.45) is 0. The molecule has 0 heterocycles. The molecule has 1 rings (SSSR count). The van der Waals surface area contributed by atoms with Crippen LogP contribution in [-0.4, -0.2) is 41.5 Å². The van der Waals surface area contributed by atoms with Gasteiger partial charge in [-0.2, -0.15) is 0 Å². The Hall–Kier alpha value is -1.88. The Bertz CT molecular complexity index is 514. The minimum absolute atomic E-state index is 0.122. The summed E-state index contributed by atoms with van der Waals surface area (Å²) in [5.74, 6) is -1.45. The van der Waals surface area contributed by atoms with Crippen molar-refractivity contribution in [3.8, 4) is 0 Å². The third kappa shape index (κ3) is 5.19. The molecule has 116 valence electrons. The van der Waals surface area contributed by atoms with Gasteiger partial charge in [0.2, 0.25) is 5.91 Å². The summed E-state index contributed by atoms with van der Waals surface area (Å²) < 4.78 is 0. The van der Waals surface area contributed by atoms with Crippen LogP contribution in [0, 0.1) is 19.8 Å². The van der Waals surface area contributed by atoms with Gasteiger partial charge in [-0.05, 0) is 37.6 Å². The second-order valence-corrected chi connectivity index (χ2v) is 5.36. The van der Waals surface area contributed by atoms with Crippen LogP contribution in [0.4, 0.5) is 5.69 Å². The summed E-state index contributed by atoms with van der Waals surface area (Å²) in [5, 5.41) is 11.8. The number of hydrogen-bond donors (Lipinski definition) is 2. The molecule has 0 fully saturated rings. The minimum Gasteiger partial charge on any atom is -0.481 e. The molecule has 1 unspecified atom stereocenters. The highest BCUT2D eigenvalue weighted by Gasteiger charge is 2.17. The number of amides is 1. The van der Waals surface area contributed by atoms with E-state index in [1.54, 1.807) is 6.92 Å². The van der Waals surface area contributed by atoms with Gasteiger partial charge >= 0.3 is 5.97 Å². The molecule has 0 radical (unpaired) electrons. The van der Waals surface area contributed by atoms with E-state index in [4.69, 9.17) is 5.11 Å².